The number of carbonyl (C=O) groups excluding carboxylic acids is 1. The lowest BCUT2D eigenvalue weighted by molar-refractivity contribution is 0.0994. The summed E-state index contributed by atoms with van der Waals surface area (Å²) in [5.41, 5.74) is 7.51. The van der Waals surface area contributed by atoms with Crippen LogP contribution in [0.3, 0.4) is 0 Å². The molecule has 2 rings (SSSR count). The molecule has 0 saturated heterocycles. The molecule has 22 heavy (non-hydrogen) atoms. The topological polar surface area (TPSA) is 88.2 Å². The molecule has 1 atom stereocenters. The first-order chi connectivity index (χ1) is 10.7. The van der Waals surface area contributed by atoms with Gasteiger partial charge in [-0.2, -0.15) is 0 Å². The molecule has 0 radical (unpaired) electrons. The van der Waals surface area contributed by atoms with Gasteiger partial charge < -0.3 is 16.2 Å². The van der Waals surface area contributed by atoms with Crippen molar-refractivity contribution in [2.24, 2.45) is 5.73 Å². The van der Waals surface area contributed by atoms with E-state index in [0.29, 0.717) is 19.5 Å². The third-order valence-corrected chi connectivity index (χ3v) is 3.43. The molecule has 5 nitrogen and oxygen atoms in total. The summed E-state index contributed by atoms with van der Waals surface area (Å²) in [5.74, 6) is -0.540. The van der Waals surface area contributed by atoms with Gasteiger partial charge in [0.15, 0.2) is 0 Å². The van der Waals surface area contributed by atoms with Crippen LogP contribution >= 0.6 is 0 Å². The van der Waals surface area contributed by atoms with Crippen LogP contribution in [0.25, 0.3) is 0 Å². The quantitative estimate of drug-likeness (QED) is 0.685. The number of rotatable bonds is 8. The number of nitrogens with one attached hydrogen (secondary N) is 1. The highest BCUT2D eigenvalue weighted by molar-refractivity contribution is 5.92. The molecule has 1 aromatic carbocycles. The first kappa shape index (κ1) is 16.1. The van der Waals surface area contributed by atoms with Gasteiger partial charge in [-0.25, -0.2) is 0 Å². The molecule has 0 aliphatic carbocycles. The molecule has 116 valence electrons. The van der Waals surface area contributed by atoms with Gasteiger partial charge >= 0.3 is 0 Å². The normalized spacial score (nSPS) is 12.0. The monoisotopic (exact) mass is 299 g/mol. The number of nitrogens with zero attached hydrogens (tertiary/aromatic N) is 1. The molecule has 4 N–H and O–H groups in total. The number of aromatic nitrogens is 1. The Morgan fingerprint density at radius 3 is 2.73 bits per heavy atom. The molecule has 0 bridgehead atoms. The summed E-state index contributed by atoms with van der Waals surface area (Å²) in [7, 11) is 0. The molecule has 5 heteroatoms. The minimum absolute atomic E-state index is 0.272. The van der Waals surface area contributed by atoms with Crippen LogP contribution in [0.4, 0.5) is 0 Å². The first-order valence-corrected chi connectivity index (χ1v) is 7.33. The van der Waals surface area contributed by atoms with Crippen molar-refractivity contribution in [1.82, 2.24) is 10.3 Å². The van der Waals surface area contributed by atoms with Crippen molar-refractivity contribution in [2.75, 3.05) is 6.54 Å². The van der Waals surface area contributed by atoms with E-state index in [1.807, 2.05) is 18.2 Å². The van der Waals surface area contributed by atoms with Gasteiger partial charge in [0, 0.05) is 19.3 Å². The minimum Gasteiger partial charge on any atom is -0.392 e. The van der Waals surface area contributed by atoms with Crippen molar-refractivity contribution in [3.8, 4) is 0 Å². The predicted molar refractivity (Wildman–Crippen MR) is 85.2 cm³/mol. The Labute approximate surface area is 130 Å². The number of hydrogen-bond donors (Lipinski definition) is 3. The van der Waals surface area contributed by atoms with Gasteiger partial charge in [0.2, 0.25) is 0 Å². The average molecular weight is 299 g/mol. The number of pyridine rings is 1. The Morgan fingerprint density at radius 1 is 1.23 bits per heavy atom. The van der Waals surface area contributed by atoms with Crippen LogP contribution in [-0.2, 0) is 13.0 Å². The van der Waals surface area contributed by atoms with Crippen LogP contribution < -0.4 is 11.1 Å². The largest absolute Gasteiger partial charge is 0.392 e. The second kappa shape index (κ2) is 8.26. The summed E-state index contributed by atoms with van der Waals surface area (Å²) in [4.78, 5) is 15.2. The number of aryl methyl sites for hydroxylation is 1. The van der Waals surface area contributed by atoms with E-state index in [9.17, 15) is 9.90 Å². The van der Waals surface area contributed by atoms with Crippen molar-refractivity contribution in [2.45, 2.75) is 25.5 Å². The SMILES string of the molecule is NC(=O)c1ncccc1CNC[C@H](O)CCc1ccccc1. The fraction of sp³-hybridized carbons (Fsp3) is 0.294. The number of hydrogen-bond acceptors (Lipinski definition) is 4. The van der Waals surface area contributed by atoms with E-state index in [1.54, 1.807) is 12.1 Å². The Hall–Kier alpha value is -2.24. The highest BCUT2D eigenvalue weighted by Gasteiger charge is 2.09. The van der Waals surface area contributed by atoms with Crippen LogP contribution in [0.5, 0.6) is 0 Å². The van der Waals surface area contributed by atoms with Crippen molar-refractivity contribution < 1.29 is 9.90 Å². The van der Waals surface area contributed by atoms with Crippen LogP contribution in [0.15, 0.2) is 48.7 Å². The number of aliphatic hydroxyl groups is 1. The van der Waals surface area contributed by atoms with Crippen molar-refractivity contribution in [3.63, 3.8) is 0 Å². The number of nitrogens with two attached hydrogens (primary N) is 1. The molecule has 0 aliphatic rings. The van der Waals surface area contributed by atoms with E-state index in [1.165, 1.54) is 11.8 Å². The maximum atomic E-state index is 11.3. The third-order valence-electron chi connectivity index (χ3n) is 3.43. The predicted octanol–water partition coefficient (Wildman–Crippen LogP) is 1.26. The summed E-state index contributed by atoms with van der Waals surface area (Å²) >= 11 is 0. The van der Waals surface area contributed by atoms with Gasteiger partial charge in [-0.3, -0.25) is 9.78 Å². The van der Waals surface area contributed by atoms with E-state index in [-0.39, 0.29) is 5.69 Å². The van der Waals surface area contributed by atoms with E-state index in [0.717, 1.165) is 12.0 Å². The van der Waals surface area contributed by atoms with Crippen LogP contribution in [0.2, 0.25) is 0 Å². The van der Waals surface area contributed by atoms with E-state index >= 15 is 0 Å². The van der Waals surface area contributed by atoms with Crippen molar-refractivity contribution in [1.29, 1.82) is 0 Å². The number of primary amides is 1. The lowest BCUT2D eigenvalue weighted by Crippen LogP contribution is -2.28. The third kappa shape index (κ3) is 4.95. The average Bonchev–Trinajstić information content (AvgIpc) is 2.54. The maximum absolute atomic E-state index is 11.3. The second-order valence-electron chi connectivity index (χ2n) is 5.18. The summed E-state index contributed by atoms with van der Waals surface area (Å²) in [6.45, 7) is 0.911. The smallest absolute Gasteiger partial charge is 0.267 e. The standard InChI is InChI=1S/C17H21N3O2/c18-17(22)16-14(7-4-10-20-16)11-19-12-15(21)9-8-13-5-2-1-3-6-13/h1-7,10,15,19,21H,8-9,11-12H2,(H2,18,22)/t15-/m1/s1. The number of amides is 1. The van der Waals surface area contributed by atoms with Gasteiger partial charge in [0.1, 0.15) is 5.69 Å². The lowest BCUT2D eigenvalue weighted by atomic mass is 10.1. The zero-order valence-corrected chi connectivity index (χ0v) is 12.4. The summed E-state index contributed by atoms with van der Waals surface area (Å²) in [5, 5.41) is 13.1. The zero-order valence-electron chi connectivity index (χ0n) is 12.4. The van der Waals surface area contributed by atoms with E-state index in [4.69, 9.17) is 5.73 Å². The molecule has 1 heterocycles. The van der Waals surface area contributed by atoms with E-state index < -0.39 is 12.0 Å². The van der Waals surface area contributed by atoms with Gasteiger partial charge in [-0.15, -0.1) is 0 Å². The van der Waals surface area contributed by atoms with Crippen LogP contribution in [0, 0.1) is 0 Å². The molecular formula is C17H21N3O2. The molecule has 0 saturated carbocycles. The molecule has 0 fully saturated rings. The number of aliphatic hydroxyl groups excluding tert-OH is 1. The van der Waals surface area contributed by atoms with Crippen molar-refractivity contribution in [3.05, 3.63) is 65.5 Å². The van der Waals surface area contributed by atoms with E-state index in [2.05, 4.69) is 22.4 Å². The fourth-order valence-corrected chi connectivity index (χ4v) is 2.26. The Balaban J connectivity index is 1.75. The molecule has 1 amide bonds. The molecular weight excluding hydrogens is 278 g/mol. The second-order valence-corrected chi connectivity index (χ2v) is 5.18. The minimum atomic E-state index is -0.540. The van der Waals surface area contributed by atoms with Gasteiger partial charge in [-0.05, 0) is 30.0 Å². The van der Waals surface area contributed by atoms with Gasteiger partial charge in [0.25, 0.3) is 5.91 Å². The molecule has 0 unspecified atom stereocenters. The maximum Gasteiger partial charge on any atom is 0.267 e. The summed E-state index contributed by atoms with van der Waals surface area (Å²) in [6, 6.07) is 13.6. The lowest BCUT2D eigenvalue weighted by Gasteiger charge is -2.12. The Kier molecular flexibility index (Phi) is 6.06. The zero-order chi connectivity index (χ0) is 15.8. The Bertz CT molecular complexity index is 602. The van der Waals surface area contributed by atoms with Gasteiger partial charge in [0.05, 0.1) is 6.10 Å². The number of carbonyl (C=O) groups is 1. The van der Waals surface area contributed by atoms with Crippen LogP contribution in [0.1, 0.15) is 28.0 Å². The molecule has 2 aromatic rings. The highest BCUT2D eigenvalue weighted by atomic mass is 16.3. The van der Waals surface area contributed by atoms with Crippen LogP contribution in [-0.4, -0.2) is 28.6 Å². The Morgan fingerprint density at radius 2 is 2.00 bits per heavy atom. The van der Waals surface area contributed by atoms with Gasteiger partial charge in [-0.1, -0.05) is 36.4 Å². The molecule has 1 aromatic heterocycles. The first-order valence-electron chi connectivity index (χ1n) is 7.33. The number of benzene rings is 1. The molecule has 0 aliphatic heterocycles. The highest BCUT2D eigenvalue weighted by Crippen LogP contribution is 2.06. The van der Waals surface area contributed by atoms with Crippen molar-refractivity contribution >= 4 is 5.91 Å². The fourth-order valence-electron chi connectivity index (χ4n) is 2.26. The molecule has 0 spiro atoms. The summed E-state index contributed by atoms with van der Waals surface area (Å²) in [6.07, 6.45) is 2.63. The summed E-state index contributed by atoms with van der Waals surface area (Å²) < 4.78 is 0.